The van der Waals surface area contributed by atoms with Gasteiger partial charge in [0.05, 0.1) is 0 Å². The van der Waals surface area contributed by atoms with E-state index in [2.05, 4.69) is 38.1 Å². The van der Waals surface area contributed by atoms with Crippen LogP contribution in [0.4, 0.5) is 0 Å². The molecule has 2 aromatic rings. The zero-order valence-corrected chi connectivity index (χ0v) is 10.3. The van der Waals surface area contributed by atoms with Crippen molar-refractivity contribution in [3.05, 3.63) is 58.6 Å². The predicted molar refractivity (Wildman–Crippen MR) is 69.8 cm³/mol. The maximum atomic E-state index is 6.00. The first-order valence-corrected chi connectivity index (χ1v) is 5.85. The molecule has 0 heterocycles. The molecule has 0 aliphatic heterocycles. The van der Waals surface area contributed by atoms with Gasteiger partial charge in [0.15, 0.2) is 0 Å². The van der Waals surface area contributed by atoms with Crippen LogP contribution in [0.3, 0.4) is 0 Å². The number of halogens is 1. The Hall–Kier alpha value is -1.27. The van der Waals surface area contributed by atoms with Crippen LogP contribution >= 0.6 is 11.6 Å². The maximum Gasteiger partial charge on any atom is 0.0412 e. The van der Waals surface area contributed by atoms with E-state index in [-0.39, 0.29) is 0 Å². The van der Waals surface area contributed by atoms with E-state index in [1.165, 1.54) is 16.7 Å². The van der Waals surface area contributed by atoms with Gasteiger partial charge in [-0.2, -0.15) is 0 Å². The van der Waals surface area contributed by atoms with Crippen LogP contribution in [-0.2, 0) is 6.42 Å². The largest absolute Gasteiger partial charge is 0.0843 e. The Morgan fingerprint density at radius 3 is 2.69 bits per heavy atom. The molecule has 0 unspecified atom stereocenters. The smallest absolute Gasteiger partial charge is 0.0412 e. The van der Waals surface area contributed by atoms with Crippen molar-refractivity contribution in [1.29, 1.82) is 0 Å². The third kappa shape index (κ3) is 2.28. The second kappa shape index (κ2) is 4.71. The molecule has 81 valence electrons. The van der Waals surface area contributed by atoms with Gasteiger partial charge < -0.3 is 0 Å². The first-order valence-electron chi connectivity index (χ1n) is 5.48. The minimum Gasteiger partial charge on any atom is -0.0843 e. The molecule has 0 bridgehead atoms. The molecule has 0 aliphatic carbocycles. The SMILES string of the molecule is CCc1ccc(C)c(-c2[c]ccc(Cl)c2)c1. The Morgan fingerprint density at radius 2 is 2.00 bits per heavy atom. The molecule has 0 atom stereocenters. The summed E-state index contributed by atoms with van der Waals surface area (Å²) in [6, 6.07) is 15.5. The highest BCUT2D eigenvalue weighted by Gasteiger charge is 2.03. The Bertz CT molecular complexity index is 501. The molecule has 1 radical (unpaired) electrons. The Kier molecular flexibility index (Phi) is 3.31. The third-order valence-electron chi connectivity index (χ3n) is 2.76. The number of hydrogen-bond acceptors (Lipinski definition) is 0. The van der Waals surface area contributed by atoms with Crippen LogP contribution < -0.4 is 0 Å². The van der Waals surface area contributed by atoms with E-state index >= 15 is 0 Å². The lowest BCUT2D eigenvalue weighted by molar-refractivity contribution is 1.14. The van der Waals surface area contributed by atoms with E-state index in [0.717, 1.165) is 17.0 Å². The van der Waals surface area contributed by atoms with Gasteiger partial charge in [-0.3, -0.25) is 0 Å². The second-order valence-electron chi connectivity index (χ2n) is 3.92. The van der Waals surface area contributed by atoms with Crippen molar-refractivity contribution < 1.29 is 0 Å². The molecule has 0 fully saturated rings. The van der Waals surface area contributed by atoms with Crippen LogP contribution in [0.1, 0.15) is 18.1 Å². The summed E-state index contributed by atoms with van der Waals surface area (Å²) in [6.45, 7) is 4.28. The van der Waals surface area contributed by atoms with Gasteiger partial charge in [0.25, 0.3) is 0 Å². The van der Waals surface area contributed by atoms with Gasteiger partial charge in [0.2, 0.25) is 0 Å². The molecular weight excluding hydrogens is 216 g/mol. The molecule has 0 aromatic heterocycles. The van der Waals surface area contributed by atoms with Gasteiger partial charge in [0, 0.05) is 5.02 Å². The van der Waals surface area contributed by atoms with E-state index in [9.17, 15) is 0 Å². The van der Waals surface area contributed by atoms with Crippen LogP contribution in [0.25, 0.3) is 11.1 Å². The van der Waals surface area contributed by atoms with Crippen molar-refractivity contribution in [1.82, 2.24) is 0 Å². The molecule has 2 aromatic carbocycles. The zero-order chi connectivity index (χ0) is 11.5. The molecule has 0 N–H and O–H groups in total. The summed E-state index contributed by atoms with van der Waals surface area (Å²) in [5, 5.41) is 0.759. The molecule has 0 saturated carbocycles. The van der Waals surface area contributed by atoms with Gasteiger partial charge in [-0.1, -0.05) is 42.8 Å². The summed E-state index contributed by atoms with van der Waals surface area (Å²) in [7, 11) is 0. The van der Waals surface area contributed by atoms with Crippen molar-refractivity contribution in [3.8, 4) is 11.1 Å². The molecular formula is C15H14Cl. The van der Waals surface area contributed by atoms with Gasteiger partial charge in [0.1, 0.15) is 0 Å². The Balaban J connectivity index is 2.54. The fraction of sp³-hybridized carbons (Fsp3) is 0.200. The number of rotatable bonds is 2. The fourth-order valence-electron chi connectivity index (χ4n) is 1.77. The minimum absolute atomic E-state index is 0.759. The van der Waals surface area contributed by atoms with E-state index < -0.39 is 0 Å². The van der Waals surface area contributed by atoms with Gasteiger partial charge in [-0.15, -0.1) is 0 Å². The highest BCUT2D eigenvalue weighted by atomic mass is 35.5. The van der Waals surface area contributed by atoms with Crippen molar-refractivity contribution >= 4 is 11.6 Å². The highest BCUT2D eigenvalue weighted by Crippen LogP contribution is 2.26. The van der Waals surface area contributed by atoms with E-state index in [1.807, 2.05) is 18.2 Å². The first-order chi connectivity index (χ1) is 7.70. The molecule has 0 amide bonds. The predicted octanol–water partition coefficient (Wildman–Crippen LogP) is 4.68. The second-order valence-corrected chi connectivity index (χ2v) is 4.36. The molecule has 16 heavy (non-hydrogen) atoms. The lowest BCUT2D eigenvalue weighted by Crippen LogP contribution is -1.87. The summed E-state index contributed by atoms with van der Waals surface area (Å²) in [6.07, 6.45) is 1.05. The van der Waals surface area contributed by atoms with Crippen LogP contribution in [0.2, 0.25) is 5.02 Å². The third-order valence-corrected chi connectivity index (χ3v) is 3.00. The number of aryl methyl sites for hydroxylation is 2. The minimum atomic E-state index is 0.759. The van der Waals surface area contributed by atoms with E-state index in [4.69, 9.17) is 11.6 Å². The molecule has 0 spiro atoms. The van der Waals surface area contributed by atoms with Crippen molar-refractivity contribution in [3.63, 3.8) is 0 Å². The molecule has 1 heteroatoms. The van der Waals surface area contributed by atoms with E-state index in [0.29, 0.717) is 0 Å². The average molecular weight is 230 g/mol. The maximum absolute atomic E-state index is 6.00. The number of hydrogen-bond donors (Lipinski definition) is 0. The van der Waals surface area contributed by atoms with Crippen LogP contribution in [0.15, 0.2) is 36.4 Å². The topological polar surface area (TPSA) is 0 Å². The van der Waals surface area contributed by atoms with Crippen molar-refractivity contribution in [2.45, 2.75) is 20.3 Å². The monoisotopic (exact) mass is 229 g/mol. The lowest BCUT2D eigenvalue weighted by atomic mass is 9.97. The summed E-state index contributed by atoms with van der Waals surface area (Å²) in [4.78, 5) is 0. The standard InChI is InChI=1S/C15H14Cl/c1-3-12-8-7-11(2)15(9-12)13-5-4-6-14(16)10-13/h4,6-10H,3H2,1-2H3. The summed E-state index contributed by atoms with van der Waals surface area (Å²) in [5.41, 5.74) is 4.90. The van der Waals surface area contributed by atoms with Gasteiger partial charge in [-0.05, 0) is 53.8 Å². The van der Waals surface area contributed by atoms with Crippen LogP contribution in [-0.4, -0.2) is 0 Å². The molecule has 2 rings (SSSR count). The van der Waals surface area contributed by atoms with Crippen molar-refractivity contribution in [2.75, 3.05) is 0 Å². The lowest BCUT2D eigenvalue weighted by Gasteiger charge is -2.08. The summed E-state index contributed by atoms with van der Waals surface area (Å²) >= 11 is 6.00. The first kappa shape index (κ1) is 11.2. The highest BCUT2D eigenvalue weighted by molar-refractivity contribution is 6.30. The molecule has 0 nitrogen and oxygen atoms in total. The van der Waals surface area contributed by atoms with Crippen LogP contribution in [0, 0.1) is 13.0 Å². The Morgan fingerprint density at radius 1 is 1.19 bits per heavy atom. The van der Waals surface area contributed by atoms with Crippen LogP contribution in [0.5, 0.6) is 0 Å². The molecule has 0 saturated heterocycles. The van der Waals surface area contributed by atoms with Crippen molar-refractivity contribution in [2.24, 2.45) is 0 Å². The van der Waals surface area contributed by atoms with E-state index in [1.54, 1.807) is 0 Å². The summed E-state index contributed by atoms with van der Waals surface area (Å²) < 4.78 is 0. The van der Waals surface area contributed by atoms with Gasteiger partial charge >= 0.3 is 0 Å². The Labute approximate surface area is 102 Å². The fourth-order valence-corrected chi connectivity index (χ4v) is 1.95. The summed E-state index contributed by atoms with van der Waals surface area (Å²) in [5.74, 6) is 0. The van der Waals surface area contributed by atoms with Gasteiger partial charge in [-0.25, -0.2) is 0 Å². The quantitative estimate of drug-likeness (QED) is 0.702. The molecule has 0 aliphatic rings. The number of benzene rings is 2. The zero-order valence-electron chi connectivity index (χ0n) is 9.55. The normalized spacial score (nSPS) is 10.4. The average Bonchev–Trinajstić information content (AvgIpc) is 2.30.